The van der Waals surface area contributed by atoms with E-state index in [1.165, 1.54) is 12.8 Å². The second-order valence-electron chi connectivity index (χ2n) is 2.95. The van der Waals surface area contributed by atoms with E-state index >= 15 is 0 Å². The van der Waals surface area contributed by atoms with Gasteiger partial charge in [0.15, 0.2) is 0 Å². The van der Waals surface area contributed by atoms with E-state index in [0.29, 0.717) is 12.0 Å². The van der Waals surface area contributed by atoms with Gasteiger partial charge in [-0.2, -0.15) is 0 Å². The van der Waals surface area contributed by atoms with Gasteiger partial charge in [0.1, 0.15) is 0 Å². The molecule has 0 heterocycles. The minimum Gasteiger partial charge on any atom is -0.327 e. The summed E-state index contributed by atoms with van der Waals surface area (Å²) >= 11 is 0. The van der Waals surface area contributed by atoms with Crippen molar-refractivity contribution < 1.29 is 0 Å². The minimum absolute atomic E-state index is 0.317. The van der Waals surface area contributed by atoms with Gasteiger partial charge in [0.2, 0.25) is 0 Å². The highest BCUT2D eigenvalue weighted by Gasteiger charge is 2.08. The average molecular weight is 141 g/mol. The Hall–Kier alpha value is -0.300. The summed E-state index contributed by atoms with van der Waals surface area (Å²) in [5.74, 6) is 0.642. The molecule has 0 saturated heterocycles. The van der Waals surface area contributed by atoms with Crippen molar-refractivity contribution in [1.29, 1.82) is 0 Å². The molecule has 60 valence electrons. The van der Waals surface area contributed by atoms with Gasteiger partial charge in [-0.1, -0.05) is 26.3 Å². The molecule has 0 aromatic heterocycles. The lowest BCUT2D eigenvalue weighted by Gasteiger charge is -2.16. The molecule has 2 unspecified atom stereocenters. The minimum atomic E-state index is 0.317. The molecular formula is C9H19N. The van der Waals surface area contributed by atoms with Crippen LogP contribution in [0.4, 0.5) is 0 Å². The number of rotatable bonds is 5. The topological polar surface area (TPSA) is 26.0 Å². The largest absolute Gasteiger partial charge is 0.327 e. The predicted molar refractivity (Wildman–Crippen MR) is 46.9 cm³/mol. The van der Waals surface area contributed by atoms with Crippen molar-refractivity contribution in [1.82, 2.24) is 0 Å². The van der Waals surface area contributed by atoms with E-state index in [-0.39, 0.29) is 0 Å². The van der Waals surface area contributed by atoms with Crippen LogP contribution in [0.15, 0.2) is 12.7 Å². The summed E-state index contributed by atoms with van der Waals surface area (Å²) in [5, 5.41) is 0. The molecule has 0 aliphatic heterocycles. The second-order valence-corrected chi connectivity index (χ2v) is 2.95. The molecule has 0 spiro atoms. The van der Waals surface area contributed by atoms with Crippen molar-refractivity contribution in [3.63, 3.8) is 0 Å². The molecule has 0 bridgehead atoms. The summed E-state index contributed by atoms with van der Waals surface area (Å²) in [6.07, 6.45) is 5.30. The lowest BCUT2D eigenvalue weighted by Crippen LogP contribution is -2.27. The molecule has 0 aromatic carbocycles. The summed E-state index contributed by atoms with van der Waals surface area (Å²) in [5.41, 5.74) is 5.84. The zero-order chi connectivity index (χ0) is 7.98. The molecule has 0 rings (SSSR count). The van der Waals surface area contributed by atoms with Gasteiger partial charge in [0.25, 0.3) is 0 Å². The van der Waals surface area contributed by atoms with Crippen molar-refractivity contribution in [2.24, 2.45) is 11.7 Å². The Balaban J connectivity index is 3.47. The maximum absolute atomic E-state index is 5.84. The first-order valence-electron chi connectivity index (χ1n) is 4.08. The third-order valence-corrected chi connectivity index (χ3v) is 1.91. The standard InChI is InChI=1S/C9H19N/c1-4-6-8(3)9(10)7-5-2/h5,8-9H,2,4,6-7,10H2,1,3H3. The molecule has 1 nitrogen and oxygen atoms in total. The first-order valence-corrected chi connectivity index (χ1v) is 4.08. The van der Waals surface area contributed by atoms with Crippen LogP contribution in [0.3, 0.4) is 0 Å². The fourth-order valence-corrected chi connectivity index (χ4v) is 1.09. The molecule has 2 atom stereocenters. The first kappa shape index (κ1) is 9.70. The second kappa shape index (κ2) is 5.48. The van der Waals surface area contributed by atoms with Crippen molar-refractivity contribution in [2.75, 3.05) is 0 Å². The van der Waals surface area contributed by atoms with E-state index in [1.54, 1.807) is 0 Å². The molecule has 0 aliphatic rings. The van der Waals surface area contributed by atoms with Gasteiger partial charge in [-0.3, -0.25) is 0 Å². The van der Waals surface area contributed by atoms with Crippen LogP contribution >= 0.6 is 0 Å². The lowest BCUT2D eigenvalue weighted by atomic mass is 9.95. The zero-order valence-corrected chi connectivity index (χ0v) is 7.14. The molecular weight excluding hydrogens is 122 g/mol. The summed E-state index contributed by atoms with van der Waals surface area (Å²) in [6, 6.07) is 0.317. The Morgan fingerprint density at radius 3 is 2.60 bits per heavy atom. The Bertz CT molecular complexity index is 88.7. The van der Waals surface area contributed by atoms with E-state index in [1.807, 2.05) is 6.08 Å². The van der Waals surface area contributed by atoms with Crippen molar-refractivity contribution in [3.8, 4) is 0 Å². The molecule has 2 N–H and O–H groups in total. The highest BCUT2D eigenvalue weighted by atomic mass is 14.6. The van der Waals surface area contributed by atoms with Crippen LogP contribution < -0.4 is 5.73 Å². The van der Waals surface area contributed by atoms with E-state index in [2.05, 4.69) is 20.4 Å². The van der Waals surface area contributed by atoms with E-state index in [0.717, 1.165) is 6.42 Å². The third-order valence-electron chi connectivity index (χ3n) is 1.91. The molecule has 0 radical (unpaired) electrons. The van der Waals surface area contributed by atoms with E-state index in [9.17, 15) is 0 Å². The maximum atomic E-state index is 5.84. The number of hydrogen-bond acceptors (Lipinski definition) is 1. The van der Waals surface area contributed by atoms with Crippen molar-refractivity contribution in [2.45, 2.75) is 39.2 Å². The number of nitrogens with two attached hydrogens (primary N) is 1. The van der Waals surface area contributed by atoms with Gasteiger partial charge in [0, 0.05) is 6.04 Å². The summed E-state index contributed by atoms with van der Waals surface area (Å²) in [6.45, 7) is 8.06. The molecule has 0 saturated carbocycles. The Kier molecular flexibility index (Phi) is 5.32. The third kappa shape index (κ3) is 3.67. The van der Waals surface area contributed by atoms with Crippen LogP contribution in [-0.2, 0) is 0 Å². The zero-order valence-electron chi connectivity index (χ0n) is 7.14. The fraction of sp³-hybridized carbons (Fsp3) is 0.778. The summed E-state index contributed by atoms with van der Waals surface area (Å²) in [7, 11) is 0. The monoisotopic (exact) mass is 141 g/mol. The highest BCUT2D eigenvalue weighted by molar-refractivity contribution is 4.78. The van der Waals surface area contributed by atoms with Gasteiger partial charge in [-0.05, 0) is 18.8 Å². The summed E-state index contributed by atoms with van der Waals surface area (Å²) < 4.78 is 0. The smallest absolute Gasteiger partial charge is 0.00991 e. The van der Waals surface area contributed by atoms with Crippen molar-refractivity contribution in [3.05, 3.63) is 12.7 Å². The van der Waals surface area contributed by atoms with Gasteiger partial charge in [0.05, 0.1) is 0 Å². The Morgan fingerprint density at radius 2 is 2.20 bits per heavy atom. The molecule has 0 aliphatic carbocycles. The quantitative estimate of drug-likeness (QED) is 0.584. The Labute approximate surface area is 64.3 Å². The normalized spacial score (nSPS) is 16.3. The summed E-state index contributed by atoms with van der Waals surface area (Å²) in [4.78, 5) is 0. The van der Waals surface area contributed by atoms with Gasteiger partial charge < -0.3 is 5.73 Å². The molecule has 0 amide bonds. The Morgan fingerprint density at radius 1 is 1.60 bits per heavy atom. The van der Waals surface area contributed by atoms with Crippen LogP contribution in [0.25, 0.3) is 0 Å². The van der Waals surface area contributed by atoms with Gasteiger partial charge in [-0.15, -0.1) is 6.58 Å². The molecule has 10 heavy (non-hydrogen) atoms. The fourth-order valence-electron chi connectivity index (χ4n) is 1.09. The van der Waals surface area contributed by atoms with Gasteiger partial charge in [-0.25, -0.2) is 0 Å². The van der Waals surface area contributed by atoms with Crippen LogP contribution in [0.1, 0.15) is 33.1 Å². The van der Waals surface area contributed by atoms with Crippen LogP contribution in [0.2, 0.25) is 0 Å². The lowest BCUT2D eigenvalue weighted by molar-refractivity contribution is 0.424. The van der Waals surface area contributed by atoms with Gasteiger partial charge >= 0.3 is 0 Å². The molecule has 0 aromatic rings. The van der Waals surface area contributed by atoms with Crippen LogP contribution in [-0.4, -0.2) is 6.04 Å². The van der Waals surface area contributed by atoms with E-state index < -0.39 is 0 Å². The predicted octanol–water partition coefficient (Wildman–Crippen LogP) is 2.33. The van der Waals surface area contributed by atoms with E-state index in [4.69, 9.17) is 5.73 Å². The molecule has 1 heteroatoms. The van der Waals surface area contributed by atoms with Crippen molar-refractivity contribution >= 4 is 0 Å². The highest BCUT2D eigenvalue weighted by Crippen LogP contribution is 2.11. The van der Waals surface area contributed by atoms with Crippen LogP contribution in [0, 0.1) is 5.92 Å². The average Bonchev–Trinajstić information content (AvgIpc) is 1.89. The first-order chi connectivity index (χ1) is 4.72. The number of hydrogen-bond donors (Lipinski definition) is 1. The van der Waals surface area contributed by atoms with Crippen LogP contribution in [0.5, 0.6) is 0 Å². The molecule has 0 fully saturated rings. The SMILES string of the molecule is C=CCC(N)C(C)CCC. The maximum Gasteiger partial charge on any atom is 0.00991 e.